The molecule has 10 heteroatoms. The van der Waals surface area contributed by atoms with Gasteiger partial charge in [0.2, 0.25) is 7.37 Å². The van der Waals surface area contributed by atoms with E-state index >= 15 is 0 Å². The molecule has 0 saturated heterocycles. The van der Waals surface area contributed by atoms with Crippen molar-refractivity contribution < 1.29 is 38.1 Å². The summed E-state index contributed by atoms with van der Waals surface area (Å²) in [5, 5.41) is 0. The molecule has 2 atom stereocenters. The van der Waals surface area contributed by atoms with E-state index in [1.54, 1.807) is 0 Å². The Morgan fingerprint density at radius 2 is 1.84 bits per heavy atom. The first kappa shape index (κ1) is 26.7. The van der Waals surface area contributed by atoms with Crippen LogP contribution in [0, 0.1) is 5.92 Å². The molecule has 174 valence electrons. The zero-order valence-corrected chi connectivity index (χ0v) is 19.2. The Kier molecular flexibility index (Phi) is 11.9. The molecule has 0 aliphatic carbocycles. The molecule has 1 aromatic rings. The summed E-state index contributed by atoms with van der Waals surface area (Å²) in [6.07, 6.45) is -0.109. The van der Waals surface area contributed by atoms with E-state index in [4.69, 9.17) is 9.47 Å². The van der Waals surface area contributed by atoms with Gasteiger partial charge in [0.15, 0.2) is 0 Å². The molecule has 0 fully saturated rings. The minimum Gasteiger partial charge on any atom is -0.469 e. The Bertz CT molecular complexity index is 755. The molecule has 0 saturated carbocycles. The fraction of sp³-hybridized carbons (Fsp3) is 0.571. The molecular formula is C21H32NO8P. The highest BCUT2D eigenvalue weighted by Crippen LogP contribution is 2.43. The maximum atomic E-state index is 12.6. The van der Waals surface area contributed by atoms with Gasteiger partial charge < -0.3 is 24.0 Å². The van der Waals surface area contributed by atoms with E-state index in [0.717, 1.165) is 19.1 Å². The summed E-state index contributed by atoms with van der Waals surface area (Å²) >= 11 is 0. The third kappa shape index (κ3) is 11.0. The van der Waals surface area contributed by atoms with Gasteiger partial charge in [0, 0.05) is 25.9 Å². The van der Waals surface area contributed by atoms with Crippen LogP contribution in [0.2, 0.25) is 0 Å². The number of carbonyl (C=O) groups is 3. The van der Waals surface area contributed by atoms with Gasteiger partial charge >= 0.3 is 18.0 Å². The van der Waals surface area contributed by atoms with Crippen LogP contribution in [0.3, 0.4) is 0 Å². The Hall–Kier alpha value is -2.38. The second kappa shape index (κ2) is 13.8. The summed E-state index contributed by atoms with van der Waals surface area (Å²) in [5.41, 5.74) is 0.823. The zero-order valence-electron chi connectivity index (χ0n) is 18.3. The standard InChI is InChI=1S/C21H32NO8P/c1-4-5-12-29-19(23)14-18(20(24)28-3)16-31(26,27)13-11-22(2)21(25)30-15-17-9-7-6-8-10-17/h6-10,18H,4-5,11-16H2,1-3H3,(H,26,27). The number of rotatable bonds is 13. The third-order valence-corrected chi connectivity index (χ3v) is 6.43. The number of ether oxygens (including phenoxy) is 3. The quantitative estimate of drug-likeness (QED) is 0.208. The molecule has 1 rings (SSSR count). The number of hydrogen-bond donors (Lipinski definition) is 1. The van der Waals surface area contributed by atoms with Gasteiger partial charge in [0.1, 0.15) is 6.61 Å². The maximum Gasteiger partial charge on any atom is 0.409 e. The van der Waals surface area contributed by atoms with Gasteiger partial charge in [0.25, 0.3) is 0 Å². The van der Waals surface area contributed by atoms with E-state index in [1.807, 2.05) is 37.3 Å². The number of esters is 2. The van der Waals surface area contributed by atoms with Crippen molar-refractivity contribution in [3.05, 3.63) is 35.9 Å². The predicted octanol–water partition coefficient (Wildman–Crippen LogP) is 3.05. The fourth-order valence-electron chi connectivity index (χ4n) is 2.64. The Labute approximate surface area is 183 Å². The third-order valence-electron chi connectivity index (χ3n) is 4.52. The molecule has 0 aliphatic rings. The number of nitrogens with zero attached hydrogens (tertiary/aromatic N) is 1. The Morgan fingerprint density at radius 3 is 2.45 bits per heavy atom. The van der Waals surface area contributed by atoms with Gasteiger partial charge in [-0.2, -0.15) is 0 Å². The first-order valence-electron chi connectivity index (χ1n) is 10.1. The fourth-order valence-corrected chi connectivity index (χ4v) is 4.40. The Morgan fingerprint density at radius 1 is 1.16 bits per heavy atom. The molecule has 1 N–H and O–H groups in total. The van der Waals surface area contributed by atoms with Gasteiger partial charge in [-0.15, -0.1) is 0 Å². The second-order valence-corrected chi connectivity index (χ2v) is 9.72. The van der Waals surface area contributed by atoms with Crippen LogP contribution in [0.1, 0.15) is 31.7 Å². The van der Waals surface area contributed by atoms with Crippen molar-refractivity contribution in [1.29, 1.82) is 0 Å². The van der Waals surface area contributed by atoms with Crippen molar-refractivity contribution in [3.63, 3.8) is 0 Å². The van der Waals surface area contributed by atoms with Gasteiger partial charge in [0.05, 0.1) is 26.1 Å². The molecule has 0 radical (unpaired) electrons. The van der Waals surface area contributed by atoms with E-state index in [2.05, 4.69) is 4.74 Å². The molecule has 9 nitrogen and oxygen atoms in total. The van der Waals surface area contributed by atoms with Gasteiger partial charge in [-0.25, -0.2) is 4.79 Å². The Balaban J connectivity index is 2.54. The van der Waals surface area contributed by atoms with E-state index < -0.39 is 37.5 Å². The summed E-state index contributed by atoms with van der Waals surface area (Å²) in [6, 6.07) is 9.13. The van der Waals surface area contributed by atoms with Crippen molar-refractivity contribution in [2.24, 2.45) is 5.92 Å². The van der Waals surface area contributed by atoms with Crippen LogP contribution in [0.5, 0.6) is 0 Å². The number of unbranched alkanes of at least 4 members (excludes halogenated alkanes) is 1. The number of amides is 1. The lowest BCUT2D eigenvalue weighted by molar-refractivity contribution is -0.152. The van der Waals surface area contributed by atoms with E-state index in [0.29, 0.717) is 6.42 Å². The van der Waals surface area contributed by atoms with Crippen molar-refractivity contribution >= 4 is 25.4 Å². The van der Waals surface area contributed by atoms with Gasteiger partial charge in [-0.1, -0.05) is 43.7 Å². The van der Waals surface area contributed by atoms with Crippen molar-refractivity contribution in [2.75, 3.05) is 39.6 Å². The van der Waals surface area contributed by atoms with Crippen LogP contribution >= 0.6 is 7.37 Å². The lowest BCUT2D eigenvalue weighted by Crippen LogP contribution is -2.31. The highest BCUT2D eigenvalue weighted by atomic mass is 31.2. The summed E-state index contributed by atoms with van der Waals surface area (Å²) in [6.45, 7) is 2.22. The topological polar surface area (TPSA) is 119 Å². The predicted molar refractivity (Wildman–Crippen MR) is 115 cm³/mol. The van der Waals surface area contributed by atoms with Crippen molar-refractivity contribution in [3.8, 4) is 0 Å². The van der Waals surface area contributed by atoms with Crippen molar-refractivity contribution in [1.82, 2.24) is 4.90 Å². The molecule has 1 aromatic carbocycles. The summed E-state index contributed by atoms with van der Waals surface area (Å²) < 4.78 is 27.5. The van der Waals surface area contributed by atoms with E-state index in [-0.39, 0.29) is 32.3 Å². The molecule has 1 amide bonds. The average molecular weight is 457 g/mol. The molecule has 0 heterocycles. The molecule has 31 heavy (non-hydrogen) atoms. The second-order valence-electron chi connectivity index (χ2n) is 7.21. The summed E-state index contributed by atoms with van der Waals surface area (Å²) in [7, 11) is -1.23. The lowest BCUT2D eigenvalue weighted by atomic mass is 10.1. The van der Waals surface area contributed by atoms with Crippen LogP contribution in [0.15, 0.2) is 30.3 Å². The molecular weight excluding hydrogens is 425 g/mol. The molecule has 0 bridgehead atoms. The van der Waals surface area contributed by atoms with Gasteiger partial charge in [-0.3, -0.25) is 14.2 Å². The molecule has 0 spiro atoms. The minimum absolute atomic E-state index is 0.0454. The maximum absolute atomic E-state index is 12.6. The van der Waals surface area contributed by atoms with Crippen LogP contribution < -0.4 is 0 Å². The van der Waals surface area contributed by atoms with Gasteiger partial charge in [-0.05, 0) is 12.0 Å². The van der Waals surface area contributed by atoms with Crippen LogP contribution in [-0.2, 0) is 35.0 Å². The highest BCUT2D eigenvalue weighted by Gasteiger charge is 2.32. The largest absolute Gasteiger partial charge is 0.469 e. The first-order valence-corrected chi connectivity index (χ1v) is 12.2. The number of methoxy groups -OCH3 is 1. The van der Waals surface area contributed by atoms with Crippen LogP contribution in [0.4, 0.5) is 4.79 Å². The molecule has 0 aliphatic heterocycles. The highest BCUT2D eigenvalue weighted by molar-refractivity contribution is 7.58. The van der Waals surface area contributed by atoms with Crippen LogP contribution in [-0.4, -0.2) is 67.5 Å². The smallest absolute Gasteiger partial charge is 0.409 e. The summed E-state index contributed by atoms with van der Waals surface area (Å²) in [4.78, 5) is 47.5. The number of hydrogen-bond acceptors (Lipinski definition) is 7. The number of benzene rings is 1. The zero-order chi connectivity index (χ0) is 23.3. The van der Waals surface area contributed by atoms with Crippen molar-refractivity contribution in [2.45, 2.75) is 32.8 Å². The average Bonchev–Trinajstić information content (AvgIpc) is 2.75. The number of carbonyl (C=O) groups excluding carboxylic acids is 3. The SMILES string of the molecule is CCCCOC(=O)CC(CP(=O)(O)CCN(C)C(=O)OCc1ccccc1)C(=O)OC. The monoisotopic (exact) mass is 457 g/mol. The normalized spacial score (nSPS) is 13.5. The van der Waals surface area contributed by atoms with E-state index in [1.165, 1.54) is 11.9 Å². The lowest BCUT2D eigenvalue weighted by Gasteiger charge is -2.21. The summed E-state index contributed by atoms with van der Waals surface area (Å²) in [5.74, 6) is -2.46. The first-order chi connectivity index (χ1) is 14.7. The van der Waals surface area contributed by atoms with E-state index in [9.17, 15) is 23.8 Å². The molecule has 2 unspecified atom stereocenters. The van der Waals surface area contributed by atoms with Crippen LogP contribution in [0.25, 0.3) is 0 Å². The molecule has 0 aromatic heterocycles. The minimum atomic E-state index is -3.83.